The van der Waals surface area contributed by atoms with Crippen LogP contribution in [0.25, 0.3) is 0 Å². The van der Waals surface area contributed by atoms with Gasteiger partial charge in [0, 0.05) is 30.8 Å². The molecule has 1 N–H and O–H groups in total. The number of hydrogen-bond donors (Lipinski definition) is 1. The van der Waals surface area contributed by atoms with Gasteiger partial charge in [-0.25, -0.2) is 0 Å². The number of rotatable bonds is 6. The minimum absolute atomic E-state index is 0.0428. The number of hydrogen-bond acceptors (Lipinski definition) is 4. The highest BCUT2D eigenvalue weighted by atomic mass is 16.3. The number of benzene rings is 1. The molecule has 1 heterocycles. The Hall–Kier alpha value is -2.58. The van der Waals surface area contributed by atoms with Crippen LogP contribution in [-0.4, -0.2) is 24.4 Å². The SMILES string of the molecule is CN(CCC(=O)Nc1ccc(C#N)cc1)Cc1ccoc1. The van der Waals surface area contributed by atoms with Crippen molar-refractivity contribution in [2.45, 2.75) is 13.0 Å². The summed E-state index contributed by atoms with van der Waals surface area (Å²) in [7, 11) is 1.96. The highest BCUT2D eigenvalue weighted by Gasteiger charge is 2.06. The molecule has 1 aromatic heterocycles. The summed E-state index contributed by atoms with van der Waals surface area (Å²) >= 11 is 0. The molecule has 0 saturated carbocycles. The summed E-state index contributed by atoms with van der Waals surface area (Å²) in [6.45, 7) is 1.41. The second kappa shape index (κ2) is 7.27. The lowest BCUT2D eigenvalue weighted by Crippen LogP contribution is -2.23. The van der Waals surface area contributed by atoms with E-state index in [0.29, 0.717) is 24.2 Å². The maximum atomic E-state index is 11.9. The zero-order chi connectivity index (χ0) is 15.1. The Morgan fingerprint density at radius 1 is 1.33 bits per heavy atom. The van der Waals surface area contributed by atoms with Gasteiger partial charge in [-0.05, 0) is 37.4 Å². The van der Waals surface area contributed by atoms with E-state index >= 15 is 0 Å². The van der Waals surface area contributed by atoms with Crippen LogP contribution in [0.1, 0.15) is 17.5 Å². The summed E-state index contributed by atoms with van der Waals surface area (Å²) in [6, 6.07) is 10.8. The zero-order valence-corrected chi connectivity index (χ0v) is 11.9. The first-order valence-corrected chi connectivity index (χ1v) is 6.67. The lowest BCUT2D eigenvalue weighted by molar-refractivity contribution is -0.116. The number of carbonyl (C=O) groups is 1. The number of nitrogens with one attached hydrogen (secondary N) is 1. The van der Waals surface area contributed by atoms with E-state index in [1.807, 2.05) is 19.2 Å². The Bertz CT molecular complexity index is 612. The molecule has 1 aromatic carbocycles. The highest BCUT2D eigenvalue weighted by molar-refractivity contribution is 5.90. The first kappa shape index (κ1) is 14.8. The Morgan fingerprint density at radius 3 is 2.71 bits per heavy atom. The van der Waals surface area contributed by atoms with Crippen molar-refractivity contribution >= 4 is 11.6 Å². The molecule has 2 aromatic rings. The Kier molecular flexibility index (Phi) is 5.13. The molecule has 0 spiro atoms. The van der Waals surface area contributed by atoms with Crippen molar-refractivity contribution in [1.29, 1.82) is 5.26 Å². The van der Waals surface area contributed by atoms with E-state index in [0.717, 1.165) is 12.1 Å². The van der Waals surface area contributed by atoms with Crippen molar-refractivity contribution in [2.75, 3.05) is 18.9 Å². The maximum Gasteiger partial charge on any atom is 0.225 e. The summed E-state index contributed by atoms with van der Waals surface area (Å²) in [5.41, 5.74) is 2.37. The highest BCUT2D eigenvalue weighted by Crippen LogP contribution is 2.09. The van der Waals surface area contributed by atoms with Gasteiger partial charge >= 0.3 is 0 Å². The number of nitriles is 1. The van der Waals surface area contributed by atoms with E-state index in [2.05, 4.69) is 10.2 Å². The van der Waals surface area contributed by atoms with Gasteiger partial charge in [0.1, 0.15) is 0 Å². The van der Waals surface area contributed by atoms with Crippen LogP contribution in [0.15, 0.2) is 47.3 Å². The molecule has 0 atom stereocenters. The van der Waals surface area contributed by atoms with Crippen molar-refractivity contribution in [3.63, 3.8) is 0 Å². The molecule has 0 unspecified atom stereocenters. The second-order valence-electron chi connectivity index (χ2n) is 4.86. The first-order valence-electron chi connectivity index (χ1n) is 6.67. The molecule has 0 aliphatic heterocycles. The topological polar surface area (TPSA) is 69.3 Å². The number of anilines is 1. The summed E-state index contributed by atoms with van der Waals surface area (Å²) in [5, 5.41) is 11.5. The quantitative estimate of drug-likeness (QED) is 0.884. The molecule has 0 radical (unpaired) electrons. The van der Waals surface area contributed by atoms with Crippen molar-refractivity contribution in [3.05, 3.63) is 54.0 Å². The monoisotopic (exact) mass is 283 g/mol. The average molecular weight is 283 g/mol. The fourth-order valence-electron chi connectivity index (χ4n) is 1.92. The molecule has 2 rings (SSSR count). The fourth-order valence-corrected chi connectivity index (χ4v) is 1.92. The van der Waals surface area contributed by atoms with Gasteiger partial charge in [-0.1, -0.05) is 0 Å². The average Bonchev–Trinajstić information content (AvgIpc) is 2.99. The molecule has 1 amide bonds. The minimum atomic E-state index is -0.0428. The van der Waals surface area contributed by atoms with E-state index in [4.69, 9.17) is 9.68 Å². The van der Waals surface area contributed by atoms with Gasteiger partial charge < -0.3 is 14.6 Å². The van der Waals surface area contributed by atoms with Crippen LogP contribution >= 0.6 is 0 Å². The number of furan rings is 1. The molecule has 5 nitrogen and oxygen atoms in total. The van der Waals surface area contributed by atoms with Crippen molar-refractivity contribution < 1.29 is 9.21 Å². The van der Waals surface area contributed by atoms with Crippen LogP contribution < -0.4 is 5.32 Å². The molecule has 0 fully saturated rings. The van der Waals surface area contributed by atoms with Gasteiger partial charge in [-0.3, -0.25) is 4.79 Å². The Balaban J connectivity index is 1.75. The van der Waals surface area contributed by atoms with Gasteiger partial charge in [-0.15, -0.1) is 0 Å². The molecule has 5 heteroatoms. The number of carbonyl (C=O) groups excluding carboxylic acids is 1. The van der Waals surface area contributed by atoms with Crippen LogP contribution in [0, 0.1) is 11.3 Å². The van der Waals surface area contributed by atoms with Crippen molar-refractivity contribution in [1.82, 2.24) is 4.90 Å². The van der Waals surface area contributed by atoms with Gasteiger partial charge in [0.15, 0.2) is 0 Å². The minimum Gasteiger partial charge on any atom is -0.472 e. The van der Waals surface area contributed by atoms with Crippen molar-refractivity contribution in [2.24, 2.45) is 0 Å². The third kappa shape index (κ3) is 4.79. The standard InChI is InChI=1S/C16H17N3O2/c1-19(11-14-7-9-21-12-14)8-6-16(20)18-15-4-2-13(10-17)3-5-15/h2-5,7,9,12H,6,8,11H2,1H3,(H,18,20). The number of amides is 1. The summed E-state index contributed by atoms with van der Waals surface area (Å²) in [5.74, 6) is -0.0428. The van der Waals surface area contributed by atoms with Crippen LogP contribution in [0.3, 0.4) is 0 Å². The fraction of sp³-hybridized carbons (Fsp3) is 0.250. The van der Waals surface area contributed by atoms with E-state index < -0.39 is 0 Å². The number of nitrogens with zero attached hydrogens (tertiary/aromatic N) is 2. The molecule has 108 valence electrons. The van der Waals surface area contributed by atoms with Crippen molar-refractivity contribution in [3.8, 4) is 6.07 Å². The lowest BCUT2D eigenvalue weighted by Gasteiger charge is -2.15. The Labute approximate surface area is 123 Å². The third-order valence-corrected chi connectivity index (χ3v) is 3.05. The first-order chi connectivity index (χ1) is 10.2. The largest absolute Gasteiger partial charge is 0.472 e. The molecule has 21 heavy (non-hydrogen) atoms. The smallest absolute Gasteiger partial charge is 0.225 e. The predicted octanol–water partition coefficient (Wildman–Crippen LogP) is 2.61. The van der Waals surface area contributed by atoms with E-state index in [1.54, 1.807) is 36.8 Å². The Morgan fingerprint density at radius 2 is 2.10 bits per heavy atom. The van der Waals surface area contributed by atoms with Crippen LogP contribution in [0.5, 0.6) is 0 Å². The maximum absolute atomic E-state index is 11.9. The van der Waals surface area contributed by atoms with Gasteiger partial charge in [0.05, 0.1) is 24.2 Å². The molecule has 0 aliphatic rings. The van der Waals surface area contributed by atoms with E-state index in [-0.39, 0.29) is 5.91 Å². The normalized spacial score (nSPS) is 10.3. The van der Waals surface area contributed by atoms with Crippen LogP contribution in [0.2, 0.25) is 0 Å². The molecule has 0 saturated heterocycles. The summed E-state index contributed by atoms with van der Waals surface area (Å²) in [6.07, 6.45) is 3.75. The molecule has 0 aliphatic carbocycles. The zero-order valence-electron chi connectivity index (χ0n) is 11.9. The van der Waals surface area contributed by atoms with E-state index in [9.17, 15) is 4.79 Å². The summed E-state index contributed by atoms with van der Waals surface area (Å²) < 4.78 is 5.01. The summed E-state index contributed by atoms with van der Waals surface area (Å²) in [4.78, 5) is 13.9. The van der Waals surface area contributed by atoms with Crippen LogP contribution in [0.4, 0.5) is 5.69 Å². The van der Waals surface area contributed by atoms with Gasteiger partial charge in [-0.2, -0.15) is 5.26 Å². The van der Waals surface area contributed by atoms with E-state index in [1.165, 1.54) is 0 Å². The van der Waals surface area contributed by atoms with Crippen LogP contribution in [-0.2, 0) is 11.3 Å². The molecular formula is C16H17N3O2. The second-order valence-corrected chi connectivity index (χ2v) is 4.86. The third-order valence-electron chi connectivity index (χ3n) is 3.05. The van der Waals surface area contributed by atoms with Gasteiger partial charge in [0.25, 0.3) is 0 Å². The molecular weight excluding hydrogens is 266 g/mol. The molecule has 0 bridgehead atoms. The predicted molar refractivity (Wildman–Crippen MR) is 79.4 cm³/mol. The van der Waals surface area contributed by atoms with Gasteiger partial charge in [0.2, 0.25) is 5.91 Å². The lowest BCUT2D eigenvalue weighted by atomic mass is 10.2.